The first-order valence-electron chi connectivity index (χ1n) is 7.24. The average molecular weight is 318 g/mol. The summed E-state index contributed by atoms with van der Waals surface area (Å²) < 4.78 is 19.0. The Morgan fingerprint density at radius 1 is 1.43 bits per heavy atom. The number of amides is 1. The van der Waals surface area contributed by atoms with Gasteiger partial charge < -0.3 is 14.8 Å². The summed E-state index contributed by atoms with van der Waals surface area (Å²) in [5.74, 6) is -0.753. The number of ether oxygens (including phenoxy) is 1. The maximum Gasteiger partial charge on any atom is 0.316 e. The molecule has 23 heavy (non-hydrogen) atoms. The third kappa shape index (κ3) is 3.71. The molecular formula is C15H15FN4O3. The molecule has 0 aromatic carbocycles. The maximum absolute atomic E-state index is 12.8. The highest BCUT2D eigenvalue weighted by Crippen LogP contribution is 2.17. The number of hydrogen-bond acceptors (Lipinski definition) is 5. The number of carbonyl (C=O) groups is 1. The van der Waals surface area contributed by atoms with Gasteiger partial charge in [0.15, 0.2) is 18.2 Å². The van der Waals surface area contributed by atoms with Crippen molar-refractivity contribution in [1.82, 2.24) is 14.9 Å². The van der Waals surface area contributed by atoms with E-state index in [-0.39, 0.29) is 18.0 Å². The fourth-order valence-electron chi connectivity index (χ4n) is 2.49. The van der Waals surface area contributed by atoms with Crippen LogP contribution in [0.4, 0.5) is 4.39 Å². The smallest absolute Gasteiger partial charge is 0.316 e. The third-order valence-electron chi connectivity index (χ3n) is 3.56. The molecule has 8 heteroatoms. The lowest BCUT2D eigenvalue weighted by atomic mass is 10.1. The zero-order valence-electron chi connectivity index (χ0n) is 12.3. The van der Waals surface area contributed by atoms with Crippen molar-refractivity contribution in [2.45, 2.75) is 18.9 Å². The van der Waals surface area contributed by atoms with Crippen LogP contribution in [-0.2, 0) is 0 Å². The third-order valence-corrected chi connectivity index (χ3v) is 3.56. The largest absolute Gasteiger partial charge is 0.619 e. The molecule has 120 valence electrons. The van der Waals surface area contributed by atoms with Gasteiger partial charge in [0, 0.05) is 12.6 Å². The number of hydrogen-bond donors (Lipinski definition) is 0. The van der Waals surface area contributed by atoms with Crippen LogP contribution in [0.3, 0.4) is 0 Å². The monoisotopic (exact) mass is 318 g/mol. The first-order chi connectivity index (χ1) is 11.1. The zero-order chi connectivity index (χ0) is 16.2. The summed E-state index contributed by atoms with van der Waals surface area (Å²) in [6.07, 6.45) is 5.89. The van der Waals surface area contributed by atoms with Crippen molar-refractivity contribution in [3.05, 3.63) is 53.5 Å². The van der Waals surface area contributed by atoms with E-state index in [1.807, 2.05) is 0 Å². The minimum atomic E-state index is -0.534. The Kier molecular flexibility index (Phi) is 4.31. The minimum absolute atomic E-state index is 0.0859. The molecule has 0 radical (unpaired) electrons. The van der Waals surface area contributed by atoms with Crippen molar-refractivity contribution in [2.24, 2.45) is 0 Å². The highest BCUT2D eigenvalue weighted by Gasteiger charge is 2.27. The van der Waals surface area contributed by atoms with Crippen LogP contribution >= 0.6 is 0 Å². The van der Waals surface area contributed by atoms with Crippen molar-refractivity contribution < 1.29 is 18.7 Å². The van der Waals surface area contributed by atoms with E-state index >= 15 is 0 Å². The number of carbonyl (C=O) groups excluding carboxylic acids is 1. The molecule has 2 aromatic heterocycles. The molecule has 3 heterocycles. The van der Waals surface area contributed by atoms with E-state index < -0.39 is 5.82 Å². The number of aromatic nitrogens is 3. The van der Waals surface area contributed by atoms with E-state index in [9.17, 15) is 14.4 Å². The Bertz CT molecular complexity index is 695. The van der Waals surface area contributed by atoms with E-state index in [1.165, 1.54) is 18.5 Å². The SMILES string of the molecule is O=C(c1ccc[n+]([O-])c1)N1CCCC(Oc2ncc(F)cn2)C1. The topological polar surface area (TPSA) is 82.3 Å². The lowest BCUT2D eigenvalue weighted by molar-refractivity contribution is -0.605. The molecule has 2 aromatic rings. The first kappa shape index (κ1) is 15.1. The Balaban J connectivity index is 1.66. The summed E-state index contributed by atoms with van der Waals surface area (Å²) in [6.45, 7) is 0.962. The van der Waals surface area contributed by atoms with Crippen molar-refractivity contribution in [1.29, 1.82) is 0 Å². The van der Waals surface area contributed by atoms with Gasteiger partial charge in [0.2, 0.25) is 0 Å². The molecule has 0 aliphatic carbocycles. The van der Waals surface area contributed by atoms with Gasteiger partial charge in [-0.05, 0) is 18.9 Å². The Hall–Kier alpha value is -2.77. The van der Waals surface area contributed by atoms with Gasteiger partial charge in [-0.3, -0.25) is 4.79 Å². The molecule has 7 nitrogen and oxygen atoms in total. The van der Waals surface area contributed by atoms with Gasteiger partial charge >= 0.3 is 6.01 Å². The summed E-state index contributed by atoms with van der Waals surface area (Å²) in [5, 5.41) is 11.3. The van der Waals surface area contributed by atoms with Crippen LogP contribution in [0.1, 0.15) is 23.2 Å². The summed E-state index contributed by atoms with van der Waals surface area (Å²) >= 11 is 0. The minimum Gasteiger partial charge on any atom is -0.619 e. The number of piperidine rings is 1. The van der Waals surface area contributed by atoms with E-state index in [0.717, 1.165) is 25.2 Å². The summed E-state index contributed by atoms with van der Waals surface area (Å²) in [4.78, 5) is 21.6. The fraction of sp³-hybridized carbons (Fsp3) is 0.333. The van der Waals surface area contributed by atoms with Gasteiger partial charge in [0.1, 0.15) is 11.7 Å². The predicted molar refractivity (Wildman–Crippen MR) is 76.9 cm³/mol. The van der Waals surface area contributed by atoms with Gasteiger partial charge in [-0.1, -0.05) is 0 Å². The number of halogens is 1. The van der Waals surface area contributed by atoms with Crippen LogP contribution in [0.2, 0.25) is 0 Å². The highest BCUT2D eigenvalue weighted by atomic mass is 19.1. The Morgan fingerprint density at radius 2 is 2.22 bits per heavy atom. The standard InChI is InChI=1S/C15H15FN4O3/c16-12-7-17-15(18-8-12)23-13-4-2-5-19(10-13)14(21)11-3-1-6-20(22)9-11/h1,3,6-9,13H,2,4-5,10H2. The van der Waals surface area contributed by atoms with Gasteiger partial charge in [0.25, 0.3) is 5.91 Å². The predicted octanol–water partition coefficient (Wildman–Crippen LogP) is 0.933. The normalized spacial score (nSPS) is 17.8. The molecule has 1 saturated heterocycles. The quantitative estimate of drug-likeness (QED) is 0.621. The molecular weight excluding hydrogens is 303 g/mol. The molecule has 1 fully saturated rings. The second kappa shape index (κ2) is 6.55. The zero-order valence-corrected chi connectivity index (χ0v) is 12.3. The number of nitrogens with zero attached hydrogens (tertiary/aromatic N) is 4. The van der Waals surface area contributed by atoms with E-state index in [4.69, 9.17) is 4.74 Å². The average Bonchev–Trinajstić information content (AvgIpc) is 2.56. The van der Waals surface area contributed by atoms with Crippen LogP contribution in [0.25, 0.3) is 0 Å². The molecule has 0 bridgehead atoms. The molecule has 0 saturated carbocycles. The fourth-order valence-corrected chi connectivity index (χ4v) is 2.49. The van der Waals surface area contributed by atoms with Gasteiger partial charge in [-0.2, -0.15) is 4.73 Å². The summed E-state index contributed by atoms with van der Waals surface area (Å²) in [5.41, 5.74) is 0.334. The lowest BCUT2D eigenvalue weighted by Gasteiger charge is -2.32. The molecule has 3 rings (SSSR count). The van der Waals surface area contributed by atoms with Crippen molar-refractivity contribution in [3.63, 3.8) is 0 Å². The molecule has 0 spiro atoms. The van der Waals surface area contributed by atoms with Crippen LogP contribution in [0.5, 0.6) is 6.01 Å². The molecule has 1 aliphatic heterocycles. The number of rotatable bonds is 3. The van der Waals surface area contributed by atoms with Gasteiger partial charge in [-0.25, -0.2) is 14.4 Å². The molecule has 0 N–H and O–H groups in total. The second-order valence-corrected chi connectivity index (χ2v) is 5.27. The number of pyridine rings is 1. The van der Waals surface area contributed by atoms with Crippen LogP contribution in [0.15, 0.2) is 36.9 Å². The molecule has 1 aliphatic rings. The second-order valence-electron chi connectivity index (χ2n) is 5.27. The van der Waals surface area contributed by atoms with E-state index in [2.05, 4.69) is 9.97 Å². The van der Waals surface area contributed by atoms with Crippen molar-refractivity contribution in [2.75, 3.05) is 13.1 Å². The maximum atomic E-state index is 12.8. The van der Waals surface area contributed by atoms with Crippen LogP contribution < -0.4 is 9.47 Å². The first-order valence-corrected chi connectivity index (χ1v) is 7.24. The number of likely N-dealkylation sites (tertiary alicyclic amines) is 1. The lowest BCUT2D eigenvalue weighted by Crippen LogP contribution is -2.45. The molecule has 1 atom stereocenters. The summed E-state index contributed by atoms with van der Waals surface area (Å²) in [6, 6.07) is 3.22. The van der Waals surface area contributed by atoms with Crippen LogP contribution in [0, 0.1) is 11.0 Å². The van der Waals surface area contributed by atoms with Crippen molar-refractivity contribution >= 4 is 5.91 Å². The Labute approximate surface area is 131 Å². The molecule has 1 amide bonds. The summed E-state index contributed by atoms with van der Waals surface area (Å²) in [7, 11) is 0. The van der Waals surface area contributed by atoms with Crippen molar-refractivity contribution in [3.8, 4) is 6.01 Å². The van der Waals surface area contributed by atoms with E-state index in [1.54, 1.807) is 11.0 Å². The highest BCUT2D eigenvalue weighted by molar-refractivity contribution is 5.93. The Morgan fingerprint density at radius 3 is 2.96 bits per heavy atom. The van der Waals surface area contributed by atoms with Gasteiger partial charge in [-0.15, -0.1) is 0 Å². The van der Waals surface area contributed by atoms with Crippen LogP contribution in [-0.4, -0.2) is 40.0 Å². The van der Waals surface area contributed by atoms with E-state index in [0.29, 0.717) is 23.4 Å². The molecule has 1 unspecified atom stereocenters. The van der Waals surface area contributed by atoms with Gasteiger partial charge in [0.05, 0.1) is 18.9 Å².